The van der Waals surface area contributed by atoms with Crippen molar-refractivity contribution >= 4 is 11.9 Å². The van der Waals surface area contributed by atoms with Gasteiger partial charge in [0.25, 0.3) is 0 Å². The Kier molecular flexibility index (Phi) is 13.2. The molecular weight excluding hydrogens is 530 g/mol. The van der Waals surface area contributed by atoms with E-state index in [0.29, 0.717) is 5.92 Å². The molecule has 2 saturated heterocycles. The lowest BCUT2D eigenvalue weighted by Crippen LogP contribution is -2.47. The first-order valence-corrected chi connectivity index (χ1v) is 11.7. The van der Waals surface area contributed by atoms with E-state index in [2.05, 4.69) is 22.9 Å². The summed E-state index contributed by atoms with van der Waals surface area (Å²) in [5.41, 5.74) is 1.25. The number of rotatable bonds is 7. The molecule has 2 aliphatic heterocycles. The Morgan fingerprint density at radius 1 is 1.13 bits per heavy atom. The number of pyridine rings is 1. The largest absolute Gasteiger partial charge is 0.490 e. The lowest BCUT2D eigenvalue weighted by molar-refractivity contribution is -0.193. The number of methoxy groups -OCH3 is 1. The smallest absolute Gasteiger partial charge is 0.481 e. The van der Waals surface area contributed by atoms with Crippen LogP contribution in [0.1, 0.15) is 38.2 Å². The lowest BCUT2D eigenvalue weighted by Gasteiger charge is -2.42. The average molecular weight is 563 g/mol. The minimum Gasteiger partial charge on any atom is -0.481 e. The maximum atomic E-state index is 10.6. The molecule has 0 saturated carbocycles. The fourth-order valence-corrected chi connectivity index (χ4v) is 4.17. The van der Waals surface area contributed by atoms with Crippen molar-refractivity contribution in [3.8, 4) is 5.88 Å². The number of hydrogen-bond acceptors (Lipinski definition) is 7. The summed E-state index contributed by atoms with van der Waals surface area (Å²) in [5, 5.41) is 14.2. The maximum absolute atomic E-state index is 10.6. The van der Waals surface area contributed by atoms with Crippen LogP contribution < -0.4 is 4.74 Å². The third kappa shape index (κ3) is 11.0. The Morgan fingerprint density at radius 2 is 1.68 bits per heavy atom. The molecule has 1 atom stereocenters. The second-order valence-corrected chi connectivity index (χ2v) is 8.44. The van der Waals surface area contributed by atoms with Crippen LogP contribution in [-0.4, -0.2) is 90.0 Å². The van der Waals surface area contributed by atoms with Gasteiger partial charge in [0.05, 0.1) is 12.7 Å². The van der Waals surface area contributed by atoms with Crippen molar-refractivity contribution in [2.45, 2.75) is 57.1 Å². The van der Waals surface area contributed by atoms with Crippen molar-refractivity contribution in [1.29, 1.82) is 0 Å². The summed E-state index contributed by atoms with van der Waals surface area (Å²) in [7, 11) is 1.69. The molecule has 15 heteroatoms. The van der Waals surface area contributed by atoms with E-state index in [1.54, 1.807) is 13.3 Å². The number of halogens is 6. The third-order valence-electron chi connectivity index (χ3n) is 6.04. The molecule has 3 rings (SSSR count). The molecule has 2 fully saturated rings. The molecule has 0 aliphatic carbocycles. The Hall–Kier alpha value is -2.65. The first-order chi connectivity index (χ1) is 17.7. The quantitative estimate of drug-likeness (QED) is 0.373. The number of piperidine rings is 1. The Morgan fingerprint density at radius 3 is 2.16 bits per heavy atom. The minimum atomic E-state index is -5.08. The SMILES string of the molecule is CCOCCC1CCOC12CCN(Cc1cccnc1OC)CC2.O=C(O)C(F)(F)F.O=C(O)C(F)(F)F. The van der Waals surface area contributed by atoms with Crippen LogP contribution in [0.3, 0.4) is 0 Å². The Bertz CT molecular complexity index is 851. The summed E-state index contributed by atoms with van der Waals surface area (Å²) in [6, 6.07) is 4.08. The topological polar surface area (TPSA) is 118 Å². The van der Waals surface area contributed by atoms with Gasteiger partial charge in [-0.3, -0.25) is 4.90 Å². The van der Waals surface area contributed by atoms with Crippen molar-refractivity contribution in [2.75, 3.05) is 40.0 Å². The molecule has 2 N–H and O–H groups in total. The summed E-state index contributed by atoms with van der Waals surface area (Å²) in [6.07, 6.45) is -3.84. The molecule has 0 bridgehead atoms. The summed E-state index contributed by atoms with van der Waals surface area (Å²) in [4.78, 5) is 24.6. The fourth-order valence-electron chi connectivity index (χ4n) is 4.17. The predicted molar refractivity (Wildman–Crippen MR) is 121 cm³/mol. The number of likely N-dealkylation sites (tertiary alicyclic amines) is 1. The van der Waals surface area contributed by atoms with Crippen molar-refractivity contribution < 1.29 is 60.4 Å². The number of hydrogen-bond donors (Lipinski definition) is 2. The molecule has 218 valence electrons. The van der Waals surface area contributed by atoms with Crippen LogP contribution >= 0.6 is 0 Å². The van der Waals surface area contributed by atoms with Gasteiger partial charge in [-0.2, -0.15) is 26.3 Å². The molecule has 3 heterocycles. The van der Waals surface area contributed by atoms with Crippen LogP contribution in [0, 0.1) is 5.92 Å². The number of carboxylic acid groups (broad SMARTS) is 2. The van der Waals surface area contributed by atoms with E-state index in [9.17, 15) is 26.3 Å². The molecule has 1 aromatic heterocycles. The lowest BCUT2D eigenvalue weighted by atomic mass is 9.78. The van der Waals surface area contributed by atoms with Crippen LogP contribution in [0.25, 0.3) is 0 Å². The standard InChI is InChI=1S/C19H30N2O3.2C2HF3O2/c1-3-23-13-6-17-7-14-24-19(17)8-11-21(12-9-19)15-16-5-4-10-20-18(16)22-2;2*3-2(4,5)1(6)7/h4-5,10,17H,3,6-9,11-15H2,1-2H3;2*(H,6,7). The molecule has 1 unspecified atom stereocenters. The van der Waals surface area contributed by atoms with Crippen molar-refractivity contribution in [3.63, 3.8) is 0 Å². The van der Waals surface area contributed by atoms with Crippen molar-refractivity contribution in [3.05, 3.63) is 23.9 Å². The van der Waals surface area contributed by atoms with Gasteiger partial charge in [-0.25, -0.2) is 14.6 Å². The van der Waals surface area contributed by atoms with Crippen molar-refractivity contribution in [1.82, 2.24) is 9.88 Å². The zero-order valence-electron chi connectivity index (χ0n) is 21.0. The highest BCUT2D eigenvalue weighted by Crippen LogP contribution is 2.42. The normalized spacial score (nSPS) is 19.1. The zero-order chi connectivity index (χ0) is 29.0. The number of carbonyl (C=O) groups is 2. The predicted octanol–water partition coefficient (Wildman–Crippen LogP) is 4.15. The van der Waals surface area contributed by atoms with Crippen LogP contribution in [0.2, 0.25) is 0 Å². The van der Waals surface area contributed by atoms with Gasteiger partial charge in [-0.1, -0.05) is 6.07 Å². The highest BCUT2D eigenvalue weighted by molar-refractivity contribution is 5.73. The van der Waals surface area contributed by atoms with Gasteiger partial charge in [-0.05, 0) is 44.6 Å². The highest BCUT2D eigenvalue weighted by atomic mass is 19.4. The zero-order valence-corrected chi connectivity index (χ0v) is 21.0. The number of aliphatic carboxylic acids is 2. The molecule has 0 radical (unpaired) electrons. The Balaban J connectivity index is 0.000000426. The van der Waals surface area contributed by atoms with E-state index in [0.717, 1.165) is 70.2 Å². The number of nitrogens with zero attached hydrogens (tertiary/aromatic N) is 2. The van der Waals surface area contributed by atoms with Gasteiger partial charge < -0.3 is 24.4 Å². The van der Waals surface area contributed by atoms with Gasteiger partial charge in [0.1, 0.15) is 0 Å². The monoisotopic (exact) mass is 562 g/mol. The molecule has 2 aliphatic rings. The molecule has 1 aromatic rings. The molecule has 1 spiro atoms. The Labute approximate surface area is 215 Å². The van der Waals surface area contributed by atoms with E-state index < -0.39 is 24.3 Å². The summed E-state index contributed by atoms with van der Waals surface area (Å²) in [6.45, 7) is 7.69. The minimum absolute atomic E-state index is 0.0899. The van der Waals surface area contributed by atoms with E-state index >= 15 is 0 Å². The van der Waals surface area contributed by atoms with Crippen LogP contribution in [0.15, 0.2) is 18.3 Å². The molecule has 9 nitrogen and oxygen atoms in total. The van der Waals surface area contributed by atoms with Gasteiger partial charge >= 0.3 is 24.3 Å². The van der Waals surface area contributed by atoms with Gasteiger partial charge in [0.15, 0.2) is 0 Å². The van der Waals surface area contributed by atoms with Crippen molar-refractivity contribution in [2.24, 2.45) is 5.92 Å². The number of alkyl halides is 6. The molecule has 38 heavy (non-hydrogen) atoms. The first kappa shape index (κ1) is 33.4. The second-order valence-electron chi connectivity index (χ2n) is 8.44. The number of carboxylic acids is 2. The summed E-state index contributed by atoms with van der Waals surface area (Å²) in [5.74, 6) is -4.12. The average Bonchev–Trinajstić information content (AvgIpc) is 3.22. The van der Waals surface area contributed by atoms with Gasteiger partial charge in [0.2, 0.25) is 5.88 Å². The number of ether oxygens (including phenoxy) is 3. The van der Waals surface area contributed by atoms with Gasteiger partial charge in [-0.15, -0.1) is 0 Å². The molecule has 0 amide bonds. The van der Waals surface area contributed by atoms with Crippen LogP contribution in [0.5, 0.6) is 5.88 Å². The first-order valence-electron chi connectivity index (χ1n) is 11.7. The van der Waals surface area contributed by atoms with Crippen LogP contribution in [-0.2, 0) is 25.6 Å². The van der Waals surface area contributed by atoms with Gasteiger partial charge in [0, 0.05) is 51.2 Å². The van der Waals surface area contributed by atoms with E-state index in [-0.39, 0.29) is 5.60 Å². The van der Waals surface area contributed by atoms with E-state index in [1.807, 2.05) is 6.07 Å². The fraction of sp³-hybridized carbons (Fsp3) is 0.696. The third-order valence-corrected chi connectivity index (χ3v) is 6.04. The molecule has 0 aromatic carbocycles. The summed E-state index contributed by atoms with van der Waals surface area (Å²) < 4.78 is 80.7. The van der Waals surface area contributed by atoms with E-state index in [1.165, 1.54) is 6.42 Å². The molecular formula is C23H32F6N2O7. The maximum Gasteiger partial charge on any atom is 0.490 e. The van der Waals surface area contributed by atoms with E-state index in [4.69, 9.17) is 34.0 Å². The number of aromatic nitrogens is 1. The summed E-state index contributed by atoms with van der Waals surface area (Å²) >= 11 is 0. The van der Waals surface area contributed by atoms with Crippen LogP contribution in [0.4, 0.5) is 26.3 Å². The highest BCUT2D eigenvalue weighted by Gasteiger charge is 2.45. The second kappa shape index (κ2) is 15.1.